The molecule has 0 spiro atoms. The van der Waals surface area contributed by atoms with Gasteiger partial charge in [-0.3, -0.25) is 4.79 Å². The molecule has 3 aromatic rings. The maximum Gasteiger partial charge on any atom is 0.573 e. The zero-order valence-corrected chi connectivity index (χ0v) is 13.5. The summed E-state index contributed by atoms with van der Waals surface area (Å²) in [6.07, 6.45) is -3.70. The van der Waals surface area contributed by atoms with Gasteiger partial charge in [-0.2, -0.15) is 5.10 Å². The third kappa shape index (κ3) is 4.08. The van der Waals surface area contributed by atoms with Crippen molar-refractivity contribution >= 4 is 11.6 Å². The lowest BCUT2D eigenvalue weighted by atomic mass is 10.1. The number of fused-ring (bicyclic) bond motifs is 1. The fraction of sp³-hybridized carbons (Fsp3) is 0.188. The molecule has 142 valence electrons. The predicted molar refractivity (Wildman–Crippen MR) is 86.2 cm³/mol. The van der Waals surface area contributed by atoms with E-state index in [2.05, 4.69) is 20.3 Å². The number of nitrogens with zero attached hydrogens (tertiary/aromatic N) is 2. The number of aromatic nitrogens is 3. The molecule has 0 saturated carbocycles. The Morgan fingerprint density at radius 3 is 2.74 bits per heavy atom. The van der Waals surface area contributed by atoms with Gasteiger partial charge >= 0.3 is 12.1 Å². The number of aliphatic hydroxyl groups excluding tert-OH is 1. The number of nitrogens with one attached hydrogen (secondary N) is 2. The Balaban J connectivity index is 1.87. The van der Waals surface area contributed by atoms with Gasteiger partial charge in [0.25, 0.3) is 5.91 Å². The summed E-state index contributed by atoms with van der Waals surface area (Å²) in [7, 11) is 0. The van der Waals surface area contributed by atoms with Gasteiger partial charge in [-0.1, -0.05) is 18.2 Å². The molecule has 0 bridgehead atoms. The van der Waals surface area contributed by atoms with Gasteiger partial charge in [-0.15, -0.1) is 13.2 Å². The summed E-state index contributed by atoms with van der Waals surface area (Å²) < 4.78 is 42.7. The molecule has 3 rings (SSSR count). The molecule has 0 aliphatic heterocycles. The Hall–Kier alpha value is -3.34. The number of hydrogen-bond acceptors (Lipinski definition) is 5. The highest BCUT2D eigenvalue weighted by Crippen LogP contribution is 2.30. The molecule has 2 heterocycles. The van der Waals surface area contributed by atoms with Crippen molar-refractivity contribution in [1.82, 2.24) is 19.9 Å². The minimum absolute atomic E-state index is 0.0489. The van der Waals surface area contributed by atoms with Crippen LogP contribution in [-0.2, 0) is 0 Å². The lowest BCUT2D eigenvalue weighted by Gasteiger charge is -2.20. The summed E-state index contributed by atoms with van der Waals surface area (Å²) in [5.41, 5.74) is -0.257. The number of ether oxygens (including phenoxy) is 1. The quantitative estimate of drug-likeness (QED) is 0.618. The van der Waals surface area contributed by atoms with Crippen LogP contribution in [0.2, 0.25) is 0 Å². The average molecular weight is 382 g/mol. The molecule has 0 radical (unpaired) electrons. The highest BCUT2D eigenvalue weighted by molar-refractivity contribution is 5.94. The van der Waals surface area contributed by atoms with Gasteiger partial charge in [-0.25, -0.2) is 14.3 Å². The molecule has 1 aromatic carbocycles. The summed E-state index contributed by atoms with van der Waals surface area (Å²) in [6.45, 7) is -0.669. The zero-order valence-electron chi connectivity index (χ0n) is 13.5. The molecule has 0 aliphatic rings. The number of aliphatic hydroxyl groups is 1. The van der Waals surface area contributed by atoms with E-state index in [1.54, 1.807) is 0 Å². The first-order valence-electron chi connectivity index (χ1n) is 7.61. The van der Waals surface area contributed by atoms with Crippen LogP contribution in [0.4, 0.5) is 13.2 Å². The van der Waals surface area contributed by atoms with Gasteiger partial charge in [-0.05, 0) is 18.2 Å². The van der Waals surface area contributed by atoms with Crippen molar-refractivity contribution in [3.05, 3.63) is 64.2 Å². The first-order valence-corrected chi connectivity index (χ1v) is 7.61. The third-order valence-electron chi connectivity index (χ3n) is 3.68. The summed E-state index contributed by atoms with van der Waals surface area (Å²) in [4.78, 5) is 24.0. The number of hydrogen-bond donors (Lipinski definition) is 3. The smallest absolute Gasteiger partial charge is 0.405 e. The molecular weight excluding hydrogens is 369 g/mol. The van der Waals surface area contributed by atoms with E-state index in [4.69, 9.17) is 0 Å². The van der Waals surface area contributed by atoms with Crippen molar-refractivity contribution in [3.63, 3.8) is 0 Å². The van der Waals surface area contributed by atoms with Gasteiger partial charge in [0, 0.05) is 11.8 Å². The number of para-hydroxylation sites is 1. The second kappa shape index (κ2) is 7.11. The van der Waals surface area contributed by atoms with E-state index in [1.807, 2.05) is 0 Å². The van der Waals surface area contributed by atoms with Crippen molar-refractivity contribution in [2.24, 2.45) is 0 Å². The number of aromatic amines is 1. The predicted octanol–water partition coefficient (Wildman–Crippen LogP) is 1.38. The summed E-state index contributed by atoms with van der Waals surface area (Å²) in [5, 5.41) is 17.9. The third-order valence-corrected chi connectivity index (χ3v) is 3.68. The lowest BCUT2D eigenvalue weighted by Crippen LogP contribution is -2.32. The van der Waals surface area contributed by atoms with Crippen molar-refractivity contribution < 1.29 is 27.8 Å². The molecule has 11 heteroatoms. The highest BCUT2D eigenvalue weighted by Gasteiger charge is 2.33. The number of halogens is 3. The normalized spacial score (nSPS) is 12.7. The number of pyridine rings is 1. The zero-order chi connectivity index (χ0) is 19.6. The van der Waals surface area contributed by atoms with Crippen molar-refractivity contribution in [1.29, 1.82) is 0 Å². The fourth-order valence-corrected chi connectivity index (χ4v) is 2.49. The molecule has 1 unspecified atom stereocenters. The molecule has 1 amide bonds. The van der Waals surface area contributed by atoms with Gasteiger partial charge in [0.2, 0.25) is 0 Å². The molecule has 1 atom stereocenters. The van der Waals surface area contributed by atoms with Gasteiger partial charge in [0.1, 0.15) is 5.75 Å². The van der Waals surface area contributed by atoms with E-state index in [1.165, 1.54) is 36.5 Å². The Labute approximate surface area is 149 Å². The number of alkyl halides is 3. The maximum absolute atomic E-state index is 12.6. The van der Waals surface area contributed by atoms with Crippen LogP contribution in [0.15, 0.2) is 47.4 Å². The first-order chi connectivity index (χ1) is 12.8. The van der Waals surface area contributed by atoms with Crippen LogP contribution in [0.25, 0.3) is 5.65 Å². The van der Waals surface area contributed by atoms with Crippen molar-refractivity contribution in [2.75, 3.05) is 6.61 Å². The largest absolute Gasteiger partial charge is 0.573 e. The minimum Gasteiger partial charge on any atom is -0.405 e. The number of benzene rings is 1. The lowest BCUT2D eigenvalue weighted by molar-refractivity contribution is -0.275. The summed E-state index contributed by atoms with van der Waals surface area (Å²) >= 11 is 0. The second-order valence-corrected chi connectivity index (χ2v) is 5.47. The Kier molecular flexibility index (Phi) is 4.86. The van der Waals surface area contributed by atoms with E-state index in [0.717, 1.165) is 10.5 Å². The first kappa shape index (κ1) is 18.5. The summed E-state index contributed by atoms with van der Waals surface area (Å²) in [6, 6.07) is 6.80. The molecule has 27 heavy (non-hydrogen) atoms. The van der Waals surface area contributed by atoms with Crippen LogP contribution in [-0.4, -0.2) is 38.6 Å². The molecule has 2 aromatic heterocycles. The number of H-pyrrole nitrogens is 1. The van der Waals surface area contributed by atoms with Crippen LogP contribution in [0, 0.1) is 0 Å². The SMILES string of the molecule is O=C(NC(CO)c1ccccc1OC(F)(F)F)c1ccc2n[nH]c(=O)n2c1. The van der Waals surface area contributed by atoms with Crippen LogP contribution in [0.5, 0.6) is 5.75 Å². The monoisotopic (exact) mass is 382 g/mol. The molecule has 0 fully saturated rings. The number of amides is 1. The Morgan fingerprint density at radius 2 is 2.04 bits per heavy atom. The molecule has 0 aliphatic carbocycles. The molecule has 3 N–H and O–H groups in total. The average Bonchev–Trinajstić information content (AvgIpc) is 2.99. The molecule has 0 saturated heterocycles. The minimum atomic E-state index is -4.92. The Morgan fingerprint density at radius 1 is 1.30 bits per heavy atom. The topological polar surface area (TPSA) is 109 Å². The molecular formula is C16H13F3N4O4. The van der Waals surface area contributed by atoms with E-state index < -0.39 is 36.4 Å². The number of carbonyl (C=O) groups is 1. The standard InChI is InChI=1S/C16H13F3N4O4/c17-16(18,19)27-12-4-2-1-3-10(12)11(8-24)20-14(25)9-5-6-13-21-22-15(26)23(13)7-9/h1-7,11,24H,8H2,(H,20,25)(H,22,26). The van der Waals surface area contributed by atoms with E-state index in [9.17, 15) is 27.9 Å². The van der Waals surface area contributed by atoms with E-state index in [0.29, 0.717) is 5.65 Å². The fourth-order valence-electron chi connectivity index (χ4n) is 2.49. The van der Waals surface area contributed by atoms with Crippen LogP contribution >= 0.6 is 0 Å². The highest BCUT2D eigenvalue weighted by atomic mass is 19.4. The van der Waals surface area contributed by atoms with Crippen molar-refractivity contribution in [2.45, 2.75) is 12.4 Å². The van der Waals surface area contributed by atoms with E-state index >= 15 is 0 Å². The van der Waals surface area contributed by atoms with Gasteiger partial charge in [0.05, 0.1) is 18.2 Å². The Bertz CT molecular complexity index is 1030. The van der Waals surface area contributed by atoms with Gasteiger partial charge < -0.3 is 15.2 Å². The van der Waals surface area contributed by atoms with Crippen LogP contribution < -0.4 is 15.7 Å². The van der Waals surface area contributed by atoms with Crippen LogP contribution in [0.3, 0.4) is 0 Å². The van der Waals surface area contributed by atoms with Gasteiger partial charge in [0.15, 0.2) is 5.65 Å². The van der Waals surface area contributed by atoms with Crippen molar-refractivity contribution in [3.8, 4) is 5.75 Å². The summed E-state index contributed by atoms with van der Waals surface area (Å²) in [5.74, 6) is -1.24. The van der Waals surface area contributed by atoms with Crippen LogP contribution in [0.1, 0.15) is 22.0 Å². The van der Waals surface area contributed by atoms with E-state index in [-0.39, 0.29) is 11.1 Å². The second-order valence-electron chi connectivity index (χ2n) is 5.47. The molecule has 8 nitrogen and oxygen atoms in total. The maximum atomic E-state index is 12.6. The number of rotatable bonds is 5. The number of carbonyl (C=O) groups excluding carboxylic acids is 1.